The Hall–Kier alpha value is -0.860. The Balaban J connectivity index is 4.52. The van der Waals surface area contributed by atoms with Crippen LogP contribution in [0.4, 0.5) is 0 Å². The van der Waals surface area contributed by atoms with E-state index in [1.54, 1.807) is 13.8 Å². The quantitative estimate of drug-likeness (QED) is 0.630. The molecule has 0 rings (SSSR count). The second kappa shape index (κ2) is 4.24. The van der Waals surface area contributed by atoms with Gasteiger partial charge in [-0.3, -0.25) is 14.5 Å². The van der Waals surface area contributed by atoms with Crippen molar-refractivity contribution in [2.24, 2.45) is 5.92 Å². The highest BCUT2D eigenvalue weighted by Gasteiger charge is 2.22. The van der Waals surface area contributed by atoms with Crippen molar-refractivity contribution in [2.45, 2.75) is 40.7 Å². The molecule has 70 valence electrons. The normalized spacial score (nSPS) is 10.6. The molecule has 3 heteroatoms. The van der Waals surface area contributed by atoms with Gasteiger partial charge in [-0.05, 0) is 13.8 Å². The molecule has 0 fully saturated rings. The van der Waals surface area contributed by atoms with Gasteiger partial charge in [0.15, 0.2) is 0 Å². The minimum Gasteiger partial charge on any atom is -0.280 e. The molecule has 0 aromatic carbocycles. The maximum absolute atomic E-state index is 11.4. The molecule has 0 saturated heterocycles. The number of nitrogens with zero attached hydrogens (tertiary/aromatic N) is 1. The zero-order chi connectivity index (χ0) is 9.89. The average Bonchev–Trinajstić information content (AvgIpc) is 1.85. The van der Waals surface area contributed by atoms with Crippen LogP contribution in [0.1, 0.15) is 34.6 Å². The third kappa shape index (κ3) is 2.64. The van der Waals surface area contributed by atoms with E-state index in [-0.39, 0.29) is 23.8 Å². The number of hydrogen-bond acceptors (Lipinski definition) is 2. The first-order chi connectivity index (χ1) is 5.37. The van der Waals surface area contributed by atoms with Crippen LogP contribution in [0.2, 0.25) is 0 Å². The van der Waals surface area contributed by atoms with Gasteiger partial charge in [0.1, 0.15) is 0 Å². The predicted octanol–water partition coefficient (Wildman–Crippen LogP) is 1.43. The van der Waals surface area contributed by atoms with Crippen molar-refractivity contribution < 1.29 is 9.59 Å². The fourth-order valence-electron chi connectivity index (χ4n) is 1.05. The van der Waals surface area contributed by atoms with Gasteiger partial charge < -0.3 is 0 Å². The summed E-state index contributed by atoms with van der Waals surface area (Å²) in [5.41, 5.74) is 0. The Morgan fingerprint density at radius 2 is 1.50 bits per heavy atom. The van der Waals surface area contributed by atoms with E-state index in [9.17, 15) is 9.59 Å². The van der Waals surface area contributed by atoms with Crippen molar-refractivity contribution in [1.82, 2.24) is 4.90 Å². The first-order valence-electron chi connectivity index (χ1n) is 4.21. The highest BCUT2D eigenvalue weighted by molar-refractivity contribution is 5.95. The molecule has 0 heterocycles. The summed E-state index contributed by atoms with van der Waals surface area (Å²) in [6, 6.07) is -0.0441. The topological polar surface area (TPSA) is 37.4 Å². The summed E-state index contributed by atoms with van der Waals surface area (Å²) in [6.07, 6.45) is 0. The number of carbonyl (C=O) groups is 2. The molecule has 0 spiro atoms. The van der Waals surface area contributed by atoms with E-state index in [1.807, 2.05) is 13.8 Å². The van der Waals surface area contributed by atoms with Gasteiger partial charge in [-0.15, -0.1) is 0 Å². The van der Waals surface area contributed by atoms with Crippen molar-refractivity contribution in [3.05, 3.63) is 0 Å². The van der Waals surface area contributed by atoms with E-state index in [4.69, 9.17) is 0 Å². The van der Waals surface area contributed by atoms with Crippen LogP contribution in [0.5, 0.6) is 0 Å². The summed E-state index contributed by atoms with van der Waals surface area (Å²) in [6.45, 7) is 8.67. The first-order valence-corrected chi connectivity index (χ1v) is 4.21. The zero-order valence-corrected chi connectivity index (χ0v) is 8.42. The highest BCUT2D eigenvalue weighted by Crippen LogP contribution is 2.06. The Bertz CT molecular complexity index is 185. The fraction of sp³-hybridized carbons (Fsp3) is 0.778. The molecular formula is C9H17NO2. The third-order valence-corrected chi connectivity index (χ3v) is 1.59. The van der Waals surface area contributed by atoms with E-state index in [0.29, 0.717) is 0 Å². The van der Waals surface area contributed by atoms with E-state index in [0.717, 1.165) is 0 Å². The van der Waals surface area contributed by atoms with Gasteiger partial charge in [0.25, 0.3) is 0 Å². The van der Waals surface area contributed by atoms with Crippen LogP contribution in [0, 0.1) is 5.92 Å². The summed E-state index contributed by atoms with van der Waals surface area (Å²) in [7, 11) is 0. The van der Waals surface area contributed by atoms with Crippen LogP contribution in [-0.2, 0) is 9.59 Å². The highest BCUT2D eigenvalue weighted by atomic mass is 16.2. The van der Waals surface area contributed by atoms with Gasteiger partial charge in [0.2, 0.25) is 11.8 Å². The Morgan fingerprint density at radius 3 is 1.58 bits per heavy atom. The standard InChI is InChI=1S/C9H17NO2/c1-6(2)9(12)10(7(3)4)8(5)11/h6-7H,1-5H3. The van der Waals surface area contributed by atoms with Crippen LogP contribution in [0.15, 0.2) is 0 Å². The van der Waals surface area contributed by atoms with Crippen molar-refractivity contribution in [3.8, 4) is 0 Å². The third-order valence-electron chi connectivity index (χ3n) is 1.59. The van der Waals surface area contributed by atoms with Crippen molar-refractivity contribution in [2.75, 3.05) is 0 Å². The molecule has 0 aliphatic carbocycles. The Kier molecular flexibility index (Phi) is 3.93. The van der Waals surface area contributed by atoms with Crippen LogP contribution < -0.4 is 0 Å². The van der Waals surface area contributed by atoms with Crippen molar-refractivity contribution in [3.63, 3.8) is 0 Å². The first kappa shape index (κ1) is 11.1. The monoisotopic (exact) mass is 171 g/mol. The van der Waals surface area contributed by atoms with Gasteiger partial charge in [-0.2, -0.15) is 0 Å². The second-order valence-electron chi connectivity index (χ2n) is 3.48. The minimum atomic E-state index is -0.177. The average molecular weight is 171 g/mol. The van der Waals surface area contributed by atoms with E-state index < -0.39 is 0 Å². The van der Waals surface area contributed by atoms with Crippen molar-refractivity contribution in [1.29, 1.82) is 0 Å². The van der Waals surface area contributed by atoms with Gasteiger partial charge in [-0.1, -0.05) is 13.8 Å². The Labute approximate surface area is 73.7 Å². The zero-order valence-electron chi connectivity index (χ0n) is 8.42. The van der Waals surface area contributed by atoms with E-state index in [2.05, 4.69) is 0 Å². The minimum absolute atomic E-state index is 0.0441. The summed E-state index contributed by atoms with van der Waals surface area (Å²) in [5, 5.41) is 0. The molecule has 0 N–H and O–H groups in total. The molecule has 0 aliphatic rings. The van der Waals surface area contributed by atoms with E-state index >= 15 is 0 Å². The van der Waals surface area contributed by atoms with Crippen LogP contribution in [-0.4, -0.2) is 22.8 Å². The Morgan fingerprint density at radius 1 is 1.08 bits per heavy atom. The molecule has 0 radical (unpaired) electrons. The summed E-state index contributed by atoms with van der Waals surface area (Å²) in [4.78, 5) is 23.8. The lowest BCUT2D eigenvalue weighted by atomic mass is 10.1. The molecule has 0 aromatic rings. The maximum Gasteiger partial charge on any atom is 0.231 e. The number of imide groups is 1. The second-order valence-corrected chi connectivity index (χ2v) is 3.48. The molecule has 2 amide bonds. The van der Waals surface area contributed by atoms with Gasteiger partial charge in [-0.25, -0.2) is 0 Å². The largest absolute Gasteiger partial charge is 0.280 e. The number of rotatable bonds is 2. The predicted molar refractivity (Wildman–Crippen MR) is 47.5 cm³/mol. The number of hydrogen-bond donors (Lipinski definition) is 0. The lowest BCUT2D eigenvalue weighted by molar-refractivity contribution is -0.147. The summed E-state index contributed by atoms with van der Waals surface area (Å²) in [5.74, 6) is -0.391. The lowest BCUT2D eigenvalue weighted by Gasteiger charge is -2.24. The van der Waals surface area contributed by atoms with Gasteiger partial charge >= 0.3 is 0 Å². The molecular weight excluding hydrogens is 154 g/mol. The molecule has 0 bridgehead atoms. The van der Waals surface area contributed by atoms with Crippen LogP contribution in [0.3, 0.4) is 0 Å². The summed E-state index contributed by atoms with van der Waals surface area (Å²) < 4.78 is 0. The molecule has 0 aliphatic heterocycles. The lowest BCUT2D eigenvalue weighted by Crippen LogP contribution is -2.42. The number of carbonyl (C=O) groups excluding carboxylic acids is 2. The van der Waals surface area contributed by atoms with Crippen LogP contribution in [0.25, 0.3) is 0 Å². The molecule has 0 unspecified atom stereocenters. The molecule has 0 saturated carbocycles. The maximum atomic E-state index is 11.4. The fourth-order valence-corrected chi connectivity index (χ4v) is 1.05. The molecule has 3 nitrogen and oxygen atoms in total. The molecule has 0 atom stereocenters. The molecule has 0 aromatic heterocycles. The SMILES string of the molecule is CC(=O)N(C(=O)C(C)C)C(C)C. The van der Waals surface area contributed by atoms with Crippen LogP contribution >= 0.6 is 0 Å². The van der Waals surface area contributed by atoms with Gasteiger partial charge in [0.05, 0.1) is 0 Å². The van der Waals surface area contributed by atoms with E-state index in [1.165, 1.54) is 11.8 Å². The smallest absolute Gasteiger partial charge is 0.231 e. The number of amides is 2. The van der Waals surface area contributed by atoms with Gasteiger partial charge in [0, 0.05) is 18.9 Å². The summed E-state index contributed by atoms with van der Waals surface area (Å²) >= 11 is 0. The van der Waals surface area contributed by atoms with Crippen molar-refractivity contribution >= 4 is 11.8 Å². The molecule has 12 heavy (non-hydrogen) atoms.